The average Bonchev–Trinajstić information content (AvgIpc) is 3.02. The average molecular weight is 346 g/mol. The summed E-state index contributed by atoms with van der Waals surface area (Å²) in [6, 6.07) is -0.799. The Kier molecular flexibility index (Phi) is 6.48. The van der Waals surface area contributed by atoms with Gasteiger partial charge in [-0.1, -0.05) is 0 Å². The van der Waals surface area contributed by atoms with Gasteiger partial charge >= 0.3 is 18.0 Å². The van der Waals surface area contributed by atoms with E-state index >= 15 is 0 Å². The molecule has 2 fully saturated rings. The third-order valence-electron chi connectivity index (χ3n) is 3.85. The lowest BCUT2D eigenvalue weighted by molar-refractivity contribution is -0.157. The number of carboxylic acids is 1. The van der Waals surface area contributed by atoms with Crippen molar-refractivity contribution in [2.75, 3.05) is 19.3 Å². The van der Waals surface area contributed by atoms with Crippen LogP contribution in [0.25, 0.3) is 0 Å². The van der Waals surface area contributed by atoms with Gasteiger partial charge in [0.15, 0.2) is 0 Å². The lowest BCUT2D eigenvalue weighted by Gasteiger charge is -2.18. The second kappa shape index (κ2) is 8.37. The van der Waals surface area contributed by atoms with Crippen LogP contribution in [-0.4, -0.2) is 65.8 Å². The first-order valence-electron chi connectivity index (χ1n) is 7.52. The van der Waals surface area contributed by atoms with Gasteiger partial charge in [0, 0.05) is 11.0 Å². The van der Waals surface area contributed by atoms with Crippen molar-refractivity contribution in [1.82, 2.24) is 21.4 Å². The summed E-state index contributed by atoms with van der Waals surface area (Å²) in [6.07, 6.45) is 1.80. The molecule has 0 saturated carbocycles. The van der Waals surface area contributed by atoms with Crippen LogP contribution >= 0.6 is 11.8 Å². The van der Waals surface area contributed by atoms with Gasteiger partial charge in [-0.25, -0.2) is 9.59 Å². The van der Waals surface area contributed by atoms with E-state index < -0.39 is 18.0 Å². The normalized spacial score (nSPS) is 27.0. The Labute approximate surface area is 138 Å². The predicted octanol–water partition coefficient (Wildman–Crippen LogP) is -0.957. The molecule has 9 nitrogen and oxygen atoms in total. The quantitative estimate of drug-likeness (QED) is 0.267. The molecular weight excluding hydrogens is 324 g/mol. The third-order valence-corrected chi connectivity index (χ3v) is 5.36. The topological polar surface area (TPSA) is 129 Å². The van der Waals surface area contributed by atoms with E-state index in [2.05, 4.69) is 21.4 Å². The molecule has 2 amide bonds. The smallest absolute Gasteiger partial charge is 0.338 e. The molecule has 2 saturated heterocycles. The highest BCUT2D eigenvalue weighted by Gasteiger charge is 2.42. The first-order chi connectivity index (χ1) is 11.0. The van der Waals surface area contributed by atoms with Crippen LogP contribution in [0.3, 0.4) is 0 Å². The molecule has 0 aromatic rings. The van der Waals surface area contributed by atoms with Crippen molar-refractivity contribution in [3.05, 3.63) is 0 Å². The molecule has 4 atom stereocenters. The number of nitrogens with one attached hydrogen (secondary N) is 4. The Bertz CT molecular complexity index is 464. The number of carboxylic acid groups (broad SMARTS) is 1. The highest BCUT2D eigenvalue weighted by molar-refractivity contribution is 8.00. The molecule has 1 unspecified atom stereocenters. The largest absolute Gasteiger partial charge is 0.480 e. The molecule has 0 aromatic heterocycles. The maximum absolute atomic E-state index is 11.3. The Morgan fingerprint density at radius 2 is 2.26 bits per heavy atom. The third kappa shape index (κ3) is 4.98. The fourth-order valence-corrected chi connectivity index (χ4v) is 4.26. The van der Waals surface area contributed by atoms with E-state index in [1.54, 1.807) is 18.8 Å². The molecule has 0 bridgehead atoms. The molecule has 2 aliphatic heterocycles. The van der Waals surface area contributed by atoms with E-state index in [1.165, 1.54) is 0 Å². The summed E-state index contributed by atoms with van der Waals surface area (Å²) in [4.78, 5) is 38.4. The molecular formula is C13H22N4O5S. The number of urea groups is 1. The van der Waals surface area contributed by atoms with Crippen LogP contribution in [0, 0.1) is 0 Å². The zero-order chi connectivity index (χ0) is 16.8. The van der Waals surface area contributed by atoms with Crippen molar-refractivity contribution in [3.63, 3.8) is 0 Å². The van der Waals surface area contributed by atoms with Crippen LogP contribution in [0.2, 0.25) is 0 Å². The number of likely N-dealkylation sites (N-methyl/N-ethyl adjacent to an activating group) is 1. The predicted molar refractivity (Wildman–Crippen MR) is 83.9 cm³/mol. The number of fused-ring (bicyclic) bond motifs is 1. The number of rotatable bonds is 9. The van der Waals surface area contributed by atoms with Gasteiger partial charge in [-0.3, -0.25) is 4.79 Å². The molecule has 2 rings (SSSR count). The molecule has 0 aromatic carbocycles. The van der Waals surface area contributed by atoms with E-state index in [1.807, 2.05) is 0 Å². The number of hydrogen-bond acceptors (Lipinski definition) is 7. The van der Waals surface area contributed by atoms with Crippen molar-refractivity contribution >= 4 is 29.7 Å². The van der Waals surface area contributed by atoms with Crippen molar-refractivity contribution in [2.24, 2.45) is 0 Å². The zero-order valence-corrected chi connectivity index (χ0v) is 13.6. The Morgan fingerprint density at radius 1 is 1.48 bits per heavy atom. The summed E-state index contributed by atoms with van der Waals surface area (Å²) in [5.74, 6) is -0.751. The number of aliphatic carboxylic acids is 1. The van der Waals surface area contributed by atoms with Gasteiger partial charge in [-0.05, 0) is 26.3 Å². The van der Waals surface area contributed by atoms with Gasteiger partial charge in [0.1, 0.15) is 6.04 Å². The molecule has 10 heteroatoms. The Morgan fingerprint density at radius 3 is 2.96 bits per heavy atom. The number of thioether (sulfide) groups is 1. The Hall–Kier alpha value is -1.52. The first-order valence-corrected chi connectivity index (χ1v) is 8.57. The van der Waals surface area contributed by atoms with Crippen molar-refractivity contribution in [3.8, 4) is 0 Å². The summed E-state index contributed by atoms with van der Waals surface area (Å²) in [7, 11) is 1.60. The number of amides is 2. The second-order valence-corrected chi connectivity index (χ2v) is 6.84. The highest BCUT2D eigenvalue weighted by Crippen LogP contribution is 2.33. The van der Waals surface area contributed by atoms with Crippen LogP contribution in [-0.2, 0) is 14.4 Å². The summed E-state index contributed by atoms with van der Waals surface area (Å²) in [6.45, 7) is 0.00776. The Balaban J connectivity index is 1.71. The van der Waals surface area contributed by atoms with Crippen LogP contribution in [0.1, 0.15) is 19.3 Å². The SMILES string of the molecule is CNCC(=O)ONC(CCC[C@@H]1SC[C@@H]2NC(=O)N[C@@H]21)C(=O)O. The van der Waals surface area contributed by atoms with E-state index in [-0.39, 0.29) is 29.9 Å². The maximum atomic E-state index is 11.3. The van der Waals surface area contributed by atoms with Gasteiger partial charge in [0.25, 0.3) is 0 Å². The zero-order valence-electron chi connectivity index (χ0n) is 12.8. The van der Waals surface area contributed by atoms with Crippen LogP contribution < -0.4 is 21.4 Å². The molecule has 2 aliphatic rings. The monoisotopic (exact) mass is 346 g/mol. The van der Waals surface area contributed by atoms with Crippen LogP contribution in [0.5, 0.6) is 0 Å². The minimum Gasteiger partial charge on any atom is -0.480 e. The fourth-order valence-electron chi connectivity index (χ4n) is 2.72. The molecule has 0 aliphatic carbocycles. The summed E-state index contributed by atoms with van der Waals surface area (Å²) in [5.41, 5.74) is 2.30. The summed E-state index contributed by atoms with van der Waals surface area (Å²) in [5, 5.41) is 17.8. The number of carbonyl (C=O) groups excluding carboxylic acids is 2. The van der Waals surface area contributed by atoms with E-state index in [4.69, 9.17) is 9.94 Å². The van der Waals surface area contributed by atoms with Gasteiger partial charge in [-0.15, -0.1) is 5.48 Å². The highest BCUT2D eigenvalue weighted by atomic mass is 32.2. The van der Waals surface area contributed by atoms with Gasteiger partial charge in [0.05, 0.1) is 18.6 Å². The lowest BCUT2D eigenvalue weighted by atomic mass is 10.0. The van der Waals surface area contributed by atoms with Crippen molar-refractivity contribution in [2.45, 2.75) is 42.6 Å². The molecule has 0 radical (unpaired) electrons. The van der Waals surface area contributed by atoms with E-state index in [0.717, 1.165) is 12.2 Å². The number of hydroxylamine groups is 1. The van der Waals surface area contributed by atoms with Crippen molar-refractivity contribution in [1.29, 1.82) is 0 Å². The summed E-state index contributed by atoms with van der Waals surface area (Å²) >= 11 is 1.78. The molecule has 0 spiro atoms. The number of carbonyl (C=O) groups is 3. The van der Waals surface area contributed by atoms with Crippen molar-refractivity contribution < 1.29 is 24.3 Å². The van der Waals surface area contributed by atoms with Gasteiger partial charge in [0.2, 0.25) is 0 Å². The van der Waals surface area contributed by atoms with Crippen LogP contribution in [0.4, 0.5) is 4.79 Å². The molecule has 5 N–H and O–H groups in total. The summed E-state index contributed by atoms with van der Waals surface area (Å²) < 4.78 is 0. The van der Waals surface area contributed by atoms with Gasteiger partial charge in [-0.2, -0.15) is 11.8 Å². The standard InChI is InChI=1S/C13H22N4O5S/c1-14-5-10(18)22-17-7(12(19)20)3-2-4-9-11-8(6-23-9)15-13(21)16-11/h7-9,11,14,17H,2-6H2,1H3,(H,19,20)(H2,15,16,21)/t7?,8-,9-,11-/m0/s1. The lowest BCUT2D eigenvalue weighted by Crippen LogP contribution is -2.40. The van der Waals surface area contributed by atoms with Gasteiger partial charge < -0.3 is 25.9 Å². The van der Waals surface area contributed by atoms with E-state index in [0.29, 0.717) is 12.8 Å². The molecule has 130 valence electrons. The molecule has 23 heavy (non-hydrogen) atoms. The minimum atomic E-state index is -1.06. The fraction of sp³-hybridized carbons (Fsp3) is 0.769. The van der Waals surface area contributed by atoms with E-state index in [9.17, 15) is 14.4 Å². The maximum Gasteiger partial charge on any atom is 0.338 e. The minimum absolute atomic E-state index is 0.00776. The first kappa shape index (κ1) is 17.8. The second-order valence-electron chi connectivity index (χ2n) is 5.57. The molecule has 2 heterocycles. The van der Waals surface area contributed by atoms with Crippen LogP contribution in [0.15, 0.2) is 0 Å². The number of hydrogen-bond donors (Lipinski definition) is 5.